The van der Waals surface area contributed by atoms with Gasteiger partial charge in [-0.3, -0.25) is 14.4 Å². The molecule has 0 radical (unpaired) electrons. The van der Waals surface area contributed by atoms with Gasteiger partial charge in [-0.2, -0.15) is 89.6 Å². The summed E-state index contributed by atoms with van der Waals surface area (Å²) in [6.07, 6.45) is -31.1. The van der Waals surface area contributed by atoms with Crippen molar-refractivity contribution in [2.45, 2.75) is 81.2 Å². The van der Waals surface area contributed by atoms with Crippen LogP contribution < -0.4 is 11.5 Å². The first-order chi connectivity index (χ1) is 42.5. The van der Waals surface area contributed by atoms with E-state index in [1.807, 2.05) is 12.1 Å². The lowest BCUT2D eigenvalue weighted by molar-refractivity contribution is -0.151. The molecule has 31 heteroatoms. The number of nitriles is 2. The van der Waals surface area contributed by atoms with Crippen LogP contribution in [-0.2, 0) is 29.9 Å². The average Bonchev–Trinajstić information content (AvgIpc) is 1.34. The molecule has 0 aliphatic heterocycles. The summed E-state index contributed by atoms with van der Waals surface area (Å²) in [6.45, 7) is 1.53. The highest BCUT2D eigenvalue weighted by Crippen LogP contribution is 2.43. The minimum absolute atomic E-state index is 0.116. The zero-order valence-corrected chi connectivity index (χ0v) is 47.0. The smallest absolute Gasteiger partial charge is 0.416 e. The van der Waals surface area contributed by atoms with E-state index < -0.39 is 119 Å². The van der Waals surface area contributed by atoms with E-state index in [1.54, 1.807) is 36.4 Å². The van der Waals surface area contributed by atoms with Crippen molar-refractivity contribution >= 4 is 67.3 Å². The van der Waals surface area contributed by atoms with E-state index in [4.69, 9.17) is 40.3 Å². The maximum absolute atomic E-state index is 13.5. The maximum Gasteiger partial charge on any atom is 0.416 e. The molecule has 3 atom stereocenters. The third-order valence-electron chi connectivity index (χ3n) is 12.6. The topological polar surface area (TPSA) is 228 Å². The van der Waals surface area contributed by atoms with Crippen molar-refractivity contribution in [3.8, 4) is 12.1 Å². The first-order valence-corrected chi connectivity index (χ1v) is 25.9. The van der Waals surface area contributed by atoms with Gasteiger partial charge >= 0.3 is 43.0 Å². The van der Waals surface area contributed by atoms with Crippen LogP contribution in [-0.4, -0.2) is 46.4 Å². The van der Waals surface area contributed by atoms with Crippen molar-refractivity contribution in [3.05, 3.63) is 213 Å². The number of hydrogen-bond acceptors (Lipinski definition) is 11. The number of Topliss-reactive ketones (excluding diaryl/α,β-unsaturated/α-hetero) is 2. The molecule has 0 saturated carbocycles. The van der Waals surface area contributed by atoms with Crippen LogP contribution in [0.4, 0.5) is 79.0 Å². The van der Waals surface area contributed by atoms with Gasteiger partial charge in [0.25, 0.3) is 0 Å². The fourth-order valence-electron chi connectivity index (χ4n) is 8.20. The molecular weight excluding hydrogens is 1290 g/mol. The molecule has 0 fully saturated rings. The summed E-state index contributed by atoms with van der Waals surface area (Å²) in [4.78, 5) is 44.6. The van der Waals surface area contributed by atoms with Gasteiger partial charge in [0.2, 0.25) is 11.0 Å². The Hall–Kier alpha value is -9.65. The molecule has 0 spiro atoms. The van der Waals surface area contributed by atoms with Crippen molar-refractivity contribution in [1.29, 1.82) is 10.5 Å². The van der Waals surface area contributed by atoms with E-state index in [1.165, 1.54) is 43.3 Å². The van der Waals surface area contributed by atoms with Gasteiger partial charge in [-0.05, 0) is 125 Å². The Morgan fingerprint density at radius 1 is 0.478 bits per heavy atom. The number of rotatable bonds is 11. The van der Waals surface area contributed by atoms with E-state index in [0.29, 0.717) is 69.3 Å². The number of aromatic carboxylic acids is 1. The van der Waals surface area contributed by atoms with Crippen LogP contribution in [0.25, 0.3) is 32.9 Å². The van der Waals surface area contributed by atoms with Gasteiger partial charge < -0.3 is 29.8 Å². The standard InChI is InChI=1S/C20H15F6NO2.C20H11F6NO2.C10H5NO3.C9H7F6N.C2H3ClO/c2*21-19(22,23)14-3-1-2-12(7-14)15(20(24,25)26)9-16(28)18-8-13-6-11(10-27)4-5-17(13)29-18;11-5-6-1-2-8-7(3-6)4-9(14-8)10(12)13;10-8(11,12)6-3-1-2-5(4-6)7(16)9(13,14)15;1-2(3)4/h1-8,15H,9-10,27H2;1-8,15H,9H2;1-4H,(H,12,13);1-4,7H,16H2;1H3. The minimum atomic E-state index is -4.94. The normalized spacial score (nSPS) is 12.9. The molecule has 12 nitrogen and oxygen atoms in total. The van der Waals surface area contributed by atoms with Crippen molar-refractivity contribution in [2.75, 3.05) is 0 Å². The van der Waals surface area contributed by atoms with Crippen molar-refractivity contribution in [1.82, 2.24) is 0 Å². The Morgan fingerprint density at radius 2 is 0.804 bits per heavy atom. The van der Waals surface area contributed by atoms with Crippen LogP contribution in [0.5, 0.6) is 0 Å². The SMILES string of the molecule is CC(=O)Cl.N#Cc1ccc2oc(C(=O)CC(c3cccc(C(F)(F)F)c3)C(F)(F)F)cc2c1.N#Cc1ccc2oc(C(=O)O)cc2c1.NC(c1cccc(C(F)(F)F)c1)C(F)(F)F.NCc1ccc2oc(C(=O)CC(c3cccc(C(F)(F)F)c3)C(F)(F)F)cc2c1. The van der Waals surface area contributed by atoms with Crippen LogP contribution in [0.15, 0.2) is 159 Å². The van der Waals surface area contributed by atoms with E-state index >= 15 is 0 Å². The highest BCUT2D eigenvalue weighted by molar-refractivity contribution is 6.62. The van der Waals surface area contributed by atoms with Gasteiger partial charge in [0.1, 0.15) is 22.8 Å². The second-order valence-corrected chi connectivity index (χ2v) is 19.8. The largest absolute Gasteiger partial charge is 0.475 e. The Balaban J connectivity index is 0.000000227. The molecule has 0 saturated heterocycles. The average molecular weight is 1340 g/mol. The number of benzene rings is 6. The number of fused-ring (bicyclic) bond motifs is 3. The summed E-state index contributed by atoms with van der Waals surface area (Å²) >= 11 is 4.64. The number of nitrogens with two attached hydrogens (primary N) is 2. The number of nitrogens with zero attached hydrogens (tertiary/aromatic N) is 2. The number of halogens is 19. The number of furan rings is 3. The van der Waals surface area contributed by atoms with Gasteiger partial charge in [-0.15, -0.1) is 0 Å². The third kappa shape index (κ3) is 20.4. The zero-order valence-electron chi connectivity index (χ0n) is 46.2. The van der Waals surface area contributed by atoms with Crippen molar-refractivity contribution in [3.63, 3.8) is 0 Å². The number of alkyl halides is 18. The molecule has 0 amide bonds. The lowest BCUT2D eigenvalue weighted by Crippen LogP contribution is -2.28. The van der Waals surface area contributed by atoms with Crippen LogP contribution in [0.3, 0.4) is 0 Å². The summed E-state index contributed by atoms with van der Waals surface area (Å²) < 4.78 is 247. The Morgan fingerprint density at radius 3 is 1.13 bits per heavy atom. The number of carboxylic acids is 1. The number of carboxylic acid groups (broad SMARTS) is 1. The molecule has 0 bridgehead atoms. The first-order valence-electron chi connectivity index (χ1n) is 25.6. The van der Waals surface area contributed by atoms with Gasteiger partial charge in [0.05, 0.1) is 51.8 Å². The van der Waals surface area contributed by atoms with Crippen LogP contribution in [0.2, 0.25) is 0 Å². The molecule has 3 aromatic heterocycles. The second-order valence-electron chi connectivity index (χ2n) is 19.2. The molecule has 3 unspecified atom stereocenters. The molecule has 3 heterocycles. The van der Waals surface area contributed by atoms with Gasteiger partial charge in [-0.1, -0.05) is 54.6 Å². The molecule has 0 aliphatic rings. The molecule has 5 N–H and O–H groups in total. The highest BCUT2D eigenvalue weighted by Gasteiger charge is 2.45. The highest BCUT2D eigenvalue weighted by atomic mass is 35.5. The lowest BCUT2D eigenvalue weighted by atomic mass is 9.91. The summed E-state index contributed by atoms with van der Waals surface area (Å²) in [5, 5.41) is 27.3. The Kier molecular flexibility index (Phi) is 23.5. The molecule has 9 rings (SSSR count). The number of carbonyl (C=O) groups excluding carboxylic acids is 3. The molecule has 0 aliphatic carbocycles. The summed E-state index contributed by atoms with van der Waals surface area (Å²) in [5.41, 5.74) is 7.29. The van der Waals surface area contributed by atoms with Crippen LogP contribution >= 0.6 is 11.6 Å². The fourth-order valence-corrected chi connectivity index (χ4v) is 8.20. The molecule has 9 aromatic rings. The van der Waals surface area contributed by atoms with E-state index in [9.17, 15) is 98.2 Å². The number of ketones is 2. The van der Waals surface area contributed by atoms with E-state index in [-0.39, 0.29) is 40.2 Å². The van der Waals surface area contributed by atoms with Crippen molar-refractivity contribution in [2.24, 2.45) is 11.5 Å². The molecular formula is C61H41ClF18N4O8. The second kappa shape index (κ2) is 29.5. The first kappa shape index (κ1) is 73.1. The lowest BCUT2D eigenvalue weighted by Gasteiger charge is -2.20. The predicted octanol–water partition coefficient (Wildman–Crippen LogP) is 18.1. The fraction of sp³-hybridized carbons (Fsp3) is 0.213. The van der Waals surface area contributed by atoms with Gasteiger partial charge in [0, 0.05) is 42.5 Å². The Labute approximate surface area is 510 Å². The van der Waals surface area contributed by atoms with Gasteiger partial charge in [-0.25, -0.2) is 4.79 Å². The zero-order chi connectivity index (χ0) is 69.1. The van der Waals surface area contributed by atoms with Gasteiger partial charge in [0.15, 0.2) is 23.1 Å². The molecule has 6 aromatic carbocycles. The summed E-state index contributed by atoms with van der Waals surface area (Å²) in [5.74, 6) is -8.69. The third-order valence-corrected chi connectivity index (χ3v) is 12.6. The Bertz CT molecular complexity index is 4180. The quantitative estimate of drug-likeness (QED) is 0.0624. The van der Waals surface area contributed by atoms with Crippen molar-refractivity contribution < 1.29 is 117 Å². The summed E-state index contributed by atoms with van der Waals surface area (Å²) in [6, 6.07) is 27.8. The number of hydrogen-bond donors (Lipinski definition) is 3. The van der Waals surface area contributed by atoms with Crippen LogP contribution in [0.1, 0.15) is 119 Å². The molecule has 486 valence electrons. The number of carbonyl (C=O) groups is 4. The molecule has 92 heavy (non-hydrogen) atoms. The maximum atomic E-state index is 13.5. The van der Waals surface area contributed by atoms with Crippen LogP contribution in [0, 0.1) is 22.7 Å². The van der Waals surface area contributed by atoms with E-state index in [0.717, 1.165) is 42.0 Å². The monoisotopic (exact) mass is 1330 g/mol. The minimum Gasteiger partial charge on any atom is -0.475 e. The van der Waals surface area contributed by atoms with E-state index in [2.05, 4.69) is 11.6 Å². The summed E-state index contributed by atoms with van der Waals surface area (Å²) in [7, 11) is 0. The predicted molar refractivity (Wildman–Crippen MR) is 292 cm³/mol.